The zero-order valence-electron chi connectivity index (χ0n) is 8.68. The maximum atomic E-state index is 11.6. The van der Waals surface area contributed by atoms with Gasteiger partial charge in [0, 0.05) is 6.20 Å². The number of hydrogen-bond donors (Lipinski definition) is 4. The summed E-state index contributed by atoms with van der Waals surface area (Å²) in [6.07, 6.45) is -3.11. The minimum atomic E-state index is -1.28. The fourth-order valence-corrected chi connectivity index (χ4v) is 1.89. The summed E-state index contributed by atoms with van der Waals surface area (Å²) in [6.45, 7) is -0.438. The number of H-pyrrole nitrogens is 1. The van der Waals surface area contributed by atoms with Crippen molar-refractivity contribution in [1.82, 2.24) is 9.55 Å². The topological polar surface area (TPSA) is 108 Å². The number of ether oxygens (including phenoxy) is 1. The first-order valence-electron chi connectivity index (χ1n) is 4.98. The first-order valence-corrected chi connectivity index (χ1v) is 5.39. The molecule has 1 aliphatic rings. The Bertz CT molecular complexity index is 513. The van der Waals surface area contributed by atoms with Crippen molar-refractivity contribution in [1.29, 1.82) is 0 Å². The molecule has 1 aromatic rings. The van der Waals surface area contributed by atoms with E-state index in [-0.39, 0.29) is 4.64 Å². The Morgan fingerprint density at radius 2 is 2.18 bits per heavy atom. The van der Waals surface area contributed by atoms with Crippen molar-refractivity contribution in [3.05, 3.63) is 27.4 Å². The van der Waals surface area contributed by atoms with Gasteiger partial charge in [0.05, 0.1) is 6.61 Å². The van der Waals surface area contributed by atoms with Crippen LogP contribution in [0.15, 0.2) is 17.1 Å². The van der Waals surface area contributed by atoms with Crippen LogP contribution in [0.2, 0.25) is 0 Å². The molecule has 1 aliphatic heterocycles. The summed E-state index contributed by atoms with van der Waals surface area (Å²) in [5.74, 6) is 0. The van der Waals surface area contributed by atoms with Gasteiger partial charge in [-0.1, -0.05) is 12.2 Å². The van der Waals surface area contributed by atoms with E-state index < -0.39 is 36.8 Å². The van der Waals surface area contributed by atoms with Crippen LogP contribution < -0.4 is 5.69 Å². The maximum absolute atomic E-state index is 11.6. The van der Waals surface area contributed by atoms with Gasteiger partial charge < -0.3 is 20.1 Å². The largest absolute Gasteiger partial charge is 0.394 e. The maximum Gasteiger partial charge on any atom is 0.328 e. The van der Waals surface area contributed by atoms with Crippen molar-refractivity contribution in [3.8, 4) is 0 Å². The van der Waals surface area contributed by atoms with Gasteiger partial charge in [-0.2, -0.15) is 0 Å². The van der Waals surface area contributed by atoms with Crippen molar-refractivity contribution in [2.24, 2.45) is 0 Å². The second-order valence-electron chi connectivity index (χ2n) is 3.75. The molecule has 17 heavy (non-hydrogen) atoms. The third-order valence-electron chi connectivity index (χ3n) is 2.64. The van der Waals surface area contributed by atoms with Crippen molar-refractivity contribution in [3.63, 3.8) is 0 Å². The van der Waals surface area contributed by atoms with Crippen LogP contribution in [0.25, 0.3) is 0 Å². The second-order valence-corrected chi connectivity index (χ2v) is 4.19. The first kappa shape index (κ1) is 12.4. The summed E-state index contributed by atoms with van der Waals surface area (Å²) >= 11 is 4.77. The average molecular weight is 260 g/mol. The highest BCUT2D eigenvalue weighted by Gasteiger charge is 2.43. The molecule has 0 bridgehead atoms. The van der Waals surface area contributed by atoms with Gasteiger partial charge in [-0.15, -0.1) is 0 Å². The van der Waals surface area contributed by atoms with E-state index in [1.807, 2.05) is 0 Å². The Hall–Kier alpha value is -1.06. The summed E-state index contributed by atoms with van der Waals surface area (Å²) < 4.78 is 6.55. The Balaban J connectivity index is 2.35. The predicted octanol–water partition coefficient (Wildman–Crippen LogP) is -1.48. The minimum Gasteiger partial charge on any atom is -0.394 e. The number of aromatic nitrogens is 2. The highest BCUT2D eigenvalue weighted by atomic mass is 32.1. The molecule has 1 aromatic heterocycles. The lowest BCUT2D eigenvalue weighted by atomic mass is 10.1. The van der Waals surface area contributed by atoms with Gasteiger partial charge in [-0.3, -0.25) is 9.55 Å². The number of nitrogens with zero attached hydrogens (tertiary/aromatic N) is 1. The molecule has 4 N–H and O–H groups in total. The molecule has 0 radical (unpaired) electrons. The molecule has 94 valence electrons. The third-order valence-corrected chi connectivity index (χ3v) is 2.88. The van der Waals surface area contributed by atoms with Crippen LogP contribution in [-0.2, 0) is 4.74 Å². The zero-order valence-corrected chi connectivity index (χ0v) is 9.50. The SMILES string of the molecule is O=c1[nH]c(=S)ccn1C1OC(CO)[C@H](O)C1O. The molecule has 8 heteroatoms. The third kappa shape index (κ3) is 2.17. The van der Waals surface area contributed by atoms with Crippen molar-refractivity contribution in [2.75, 3.05) is 6.61 Å². The van der Waals surface area contributed by atoms with Gasteiger partial charge in [0.15, 0.2) is 6.23 Å². The molecule has 0 aliphatic carbocycles. The molecular weight excluding hydrogens is 248 g/mol. The monoisotopic (exact) mass is 260 g/mol. The number of rotatable bonds is 2. The van der Waals surface area contributed by atoms with Crippen LogP contribution in [0, 0.1) is 4.64 Å². The number of hydrogen-bond acceptors (Lipinski definition) is 6. The lowest BCUT2D eigenvalue weighted by Gasteiger charge is -2.16. The van der Waals surface area contributed by atoms with E-state index in [0.717, 1.165) is 4.57 Å². The van der Waals surface area contributed by atoms with E-state index in [1.165, 1.54) is 12.3 Å². The van der Waals surface area contributed by atoms with Crippen molar-refractivity contribution >= 4 is 12.2 Å². The Morgan fingerprint density at radius 3 is 2.71 bits per heavy atom. The number of aliphatic hydroxyl groups is 3. The molecular formula is C9H12N2O5S. The van der Waals surface area contributed by atoms with E-state index in [4.69, 9.17) is 22.1 Å². The normalized spacial score (nSPS) is 32.9. The molecule has 1 fully saturated rings. The van der Waals surface area contributed by atoms with E-state index >= 15 is 0 Å². The molecule has 3 unspecified atom stereocenters. The summed E-state index contributed by atoms with van der Waals surface area (Å²) in [4.78, 5) is 14.0. The van der Waals surface area contributed by atoms with Gasteiger partial charge in [-0.25, -0.2) is 4.79 Å². The number of nitrogens with one attached hydrogen (secondary N) is 1. The quantitative estimate of drug-likeness (QED) is 0.483. The summed E-state index contributed by atoms with van der Waals surface area (Å²) in [6, 6.07) is 1.46. The van der Waals surface area contributed by atoms with Crippen molar-refractivity contribution < 1.29 is 20.1 Å². The minimum absolute atomic E-state index is 0.262. The number of aliphatic hydroxyl groups excluding tert-OH is 3. The molecule has 7 nitrogen and oxygen atoms in total. The number of aromatic amines is 1. The van der Waals surface area contributed by atoms with Gasteiger partial charge >= 0.3 is 5.69 Å². The Kier molecular flexibility index (Phi) is 3.40. The summed E-state index contributed by atoms with van der Waals surface area (Å²) in [7, 11) is 0. The van der Waals surface area contributed by atoms with E-state index in [1.54, 1.807) is 0 Å². The van der Waals surface area contributed by atoms with Crippen LogP contribution in [0.1, 0.15) is 6.23 Å². The second kappa shape index (κ2) is 4.67. The molecule has 0 aromatic carbocycles. The molecule has 2 rings (SSSR count). The van der Waals surface area contributed by atoms with Crippen LogP contribution in [0.4, 0.5) is 0 Å². The van der Waals surface area contributed by atoms with Gasteiger partial charge in [-0.05, 0) is 6.07 Å². The fraction of sp³-hybridized carbons (Fsp3) is 0.556. The first-order chi connectivity index (χ1) is 8.04. The van der Waals surface area contributed by atoms with Crippen LogP contribution >= 0.6 is 12.2 Å². The summed E-state index contributed by atoms with van der Waals surface area (Å²) in [5, 5.41) is 28.2. The zero-order chi connectivity index (χ0) is 12.6. The van der Waals surface area contributed by atoms with Crippen LogP contribution in [0.3, 0.4) is 0 Å². The Labute approximate surface area is 101 Å². The lowest BCUT2D eigenvalue weighted by molar-refractivity contribution is -0.0550. The average Bonchev–Trinajstić information content (AvgIpc) is 2.57. The Morgan fingerprint density at radius 1 is 1.47 bits per heavy atom. The summed E-state index contributed by atoms with van der Waals surface area (Å²) in [5.41, 5.74) is -0.549. The lowest BCUT2D eigenvalue weighted by Crippen LogP contribution is -2.35. The van der Waals surface area contributed by atoms with Gasteiger partial charge in [0.1, 0.15) is 23.0 Å². The fourth-order valence-electron chi connectivity index (χ4n) is 1.74. The molecule has 0 spiro atoms. The predicted molar refractivity (Wildman–Crippen MR) is 58.9 cm³/mol. The van der Waals surface area contributed by atoms with Gasteiger partial charge in [0.2, 0.25) is 0 Å². The molecule has 2 heterocycles. The van der Waals surface area contributed by atoms with E-state index in [9.17, 15) is 15.0 Å². The molecule has 0 saturated carbocycles. The standard InChI is InChI=1S/C9H12N2O5S/c12-3-4-6(13)7(14)8(16-4)11-2-1-5(17)10-9(11)15/h1-2,4,6-8,12-14H,3H2,(H,10,15,17)/t4?,6-,7?,8?/m0/s1. The van der Waals surface area contributed by atoms with Crippen LogP contribution in [0.5, 0.6) is 0 Å². The highest BCUT2D eigenvalue weighted by Crippen LogP contribution is 2.27. The highest BCUT2D eigenvalue weighted by molar-refractivity contribution is 7.71. The van der Waals surface area contributed by atoms with E-state index in [0.29, 0.717) is 0 Å². The van der Waals surface area contributed by atoms with Crippen molar-refractivity contribution in [2.45, 2.75) is 24.5 Å². The molecule has 1 saturated heterocycles. The molecule has 0 amide bonds. The van der Waals surface area contributed by atoms with Crippen LogP contribution in [-0.4, -0.2) is 49.8 Å². The molecule has 4 atom stereocenters. The van der Waals surface area contributed by atoms with Gasteiger partial charge in [0.25, 0.3) is 0 Å². The van der Waals surface area contributed by atoms with E-state index in [2.05, 4.69) is 4.98 Å². The smallest absolute Gasteiger partial charge is 0.328 e.